The molecule has 29 heavy (non-hydrogen) atoms. The molecular weight excluding hydrogens is 464 g/mol. The molecule has 0 aliphatic heterocycles. The summed E-state index contributed by atoms with van der Waals surface area (Å²) in [5.41, 5.74) is 1.45. The number of hydrogen-bond donors (Lipinski definition) is 2. The number of nitrogens with zero attached hydrogens (tertiary/aromatic N) is 1. The van der Waals surface area contributed by atoms with Gasteiger partial charge < -0.3 is 10.6 Å². The molecule has 0 unspecified atom stereocenters. The lowest BCUT2D eigenvalue weighted by molar-refractivity contribution is -0.116. The number of hydrogen-bond acceptors (Lipinski definition) is 4. The van der Waals surface area contributed by atoms with Crippen molar-refractivity contribution in [1.82, 2.24) is 10.3 Å². The minimum atomic E-state index is -0.953. The summed E-state index contributed by atoms with van der Waals surface area (Å²) >= 11 is 4.74. The number of halogens is 3. The van der Waals surface area contributed by atoms with Crippen LogP contribution in [0.25, 0.3) is 11.3 Å². The average Bonchev–Trinajstić information content (AvgIpc) is 3.02. The van der Waals surface area contributed by atoms with E-state index < -0.39 is 17.5 Å². The molecule has 0 saturated carbocycles. The van der Waals surface area contributed by atoms with Crippen LogP contribution in [-0.4, -0.2) is 23.3 Å². The lowest BCUT2D eigenvalue weighted by Gasteiger charge is -2.06. The number of thiazole rings is 1. The maximum atomic E-state index is 13.6. The summed E-state index contributed by atoms with van der Waals surface area (Å²) in [6, 6.07) is 10.4. The number of aryl methyl sites for hydroxylation is 1. The molecule has 3 aromatic rings. The van der Waals surface area contributed by atoms with Crippen LogP contribution in [0.3, 0.4) is 0 Å². The molecule has 0 saturated heterocycles. The van der Waals surface area contributed by atoms with Crippen molar-refractivity contribution in [2.24, 2.45) is 0 Å². The van der Waals surface area contributed by atoms with Crippen LogP contribution in [0.2, 0.25) is 0 Å². The molecule has 1 aromatic heterocycles. The van der Waals surface area contributed by atoms with Crippen LogP contribution in [-0.2, 0) is 4.79 Å². The Labute approximate surface area is 178 Å². The van der Waals surface area contributed by atoms with E-state index in [4.69, 9.17) is 0 Å². The van der Waals surface area contributed by atoms with Crippen molar-refractivity contribution in [2.45, 2.75) is 13.3 Å². The SMILES string of the molecule is Cc1sc(NC(=O)CCNC(=O)c2ccc(F)cc2F)nc1-c1ccc(Br)cc1. The molecule has 1 heterocycles. The molecule has 9 heteroatoms. The van der Waals surface area contributed by atoms with Gasteiger partial charge in [-0.1, -0.05) is 28.1 Å². The van der Waals surface area contributed by atoms with Crippen LogP contribution >= 0.6 is 27.3 Å². The summed E-state index contributed by atoms with van der Waals surface area (Å²) in [6.45, 7) is 1.92. The zero-order valence-corrected chi connectivity index (χ0v) is 17.7. The van der Waals surface area contributed by atoms with Crippen LogP contribution in [0.15, 0.2) is 46.9 Å². The number of amides is 2. The number of nitrogens with one attached hydrogen (secondary N) is 2. The number of aromatic nitrogens is 1. The van der Waals surface area contributed by atoms with Gasteiger partial charge in [-0.2, -0.15) is 0 Å². The molecule has 0 atom stereocenters. The molecular formula is C20H16BrF2N3O2S. The summed E-state index contributed by atoms with van der Waals surface area (Å²) < 4.78 is 27.5. The van der Waals surface area contributed by atoms with Crippen LogP contribution in [0.1, 0.15) is 21.7 Å². The molecule has 0 aliphatic rings. The summed E-state index contributed by atoms with van der Waals surface area (Å²) in [6.07, 6.45) is -0.0131. The Balaban J connectivity index is 1.54. The lowest BCUT2D eigenvalue weighted by Crippen LogP contribution is -2.28. The van der Waals surface area contributed by atoms with Gasteiger partial charge in [-0.3, -0.25) is 9.59 Å². The fraction of sp³-hybridized carbons (Fsp3) is 0.150. The second kappa shape index (κ2) is 9.23. The van der Waals surface area contributed by atoms with Gasteiger partial charge in [0, 0.05) is 33.9 Å². The Morgan fingerprint density at radius 1 is 1.14 bits per heavy atom. The van der Waals surface area contributed by atoms with Crippen LogP contribution in [0, 0.1) is 18.6 Å². The van der Waals surface area contributed by atoms with Crippen molar-refractivity contribution >= 4 is 44.2 Å². The van der Waals surface area contributed by atoms with E-state index in [1.807, 2.05) is 31.2 Å². The molecule has 0 aliphatic carbocycles. The first-order chi connectivity index (χ1) is 13.8. The number of anilines is 1. The van der Waals surface area contributed by atoms with Crippen molar-refractivity contribution in [1.29, 1.82) is 0 Å². The lowest BCUT2D eigenvalue weighted by atomic mass is 10.1. The fourth-order valence-electron chi connectivity index (χ4n) is 2.57. The minimum Gasteiger partial charge on any atom is -0.351 e. The first-order valence-corrected chi connectivity index (χ1v) is 10.2. The van der Waals surface area contributed by atoms with Gasteiger partial charge >= 0.3 is 0 Å². The monoisotopic (exact) mass is 479 g/mol. The van der Waals surface area contributed by atoms with Gasteiger partial charge in [0.25, 0.3) is 5.91 Å². The van der Waals surface area contributed by atoms with Gasteiger partial charge in [0.15, 0.2) is 5.13 Å². The van der Waals surface area contributed by atoms with E-state index in [0.29, 0.717) is 11.2 Å². The fourth-order valence-corrected chi connectivity index (χ4v) is 3.68. The smallest absolute Gasteiger partial charge is 0.254 e. The van der Waals surface area contributed by atoms with Crippen molar-refractivity contribution in [3.63, 3.8) is 0 Å². The Morgan fingerprint density at radius 3 is 2.55 bits per heavy atom. The van der Waals surface area contributed by atoms with E-state index in [0.717, 1.165) is 32.7 Å². The molecule has 2 aromatic carbocycles. The largest absolute Gasteiger partial charge is 0.351 e. The van der Waals surface area contributed by atoms with Crippen LogP contribution in [0.4, 0.5) is 13.9 Å². The summed E-state index contributed by atoms with van der Waals surface area (Å²) in [7, 11) is 0. The molecule has 5 nitrogen and oxygen atoms in total. The first kappa shape index (κ1) is 21.1. The third kappa shape index (κ3) is 5.45. The molecule has 3 rings (SSSR count). The quantitative estimate of drug-likeness (QED) is 0.527. The maximum Gasteiger partial charge on any atom is 0.254 e. The van der Waals surface area contributed by atoms with Gasteiger partial charge in [0.2, 0.25) is 5.91 Å². The van der Waals surface area contributed by atoms with E-state index >= 15 is 0 Å². The average molecular weight is 480 g/mol. The third-order valence-electron chi connectivity index (χ3n) is 3.97. The molecule has 0 radical (unpaired) electrons. The number of carbonyl (C=O) groups excluding carboxylic acids is 2. The molecule has 2 amide bonds. The second-order valence-electron chi connectivity index (χ2n) is 6.11. The maximum absolute atomic E-state index is 13.6. The van der Waals surface area contributed by atoms with Crippen LogP contribution in [0.5, 0.6) is 0 Å². The zero-order valence-electron chi connectivity index (χ0n) is 15.3. The van der Waals surface area contributed by atoms with E-state index in [-0.39, 0.29) is 24.4 Å². The van der Waals surface area contributed by atoms with Crippen LogP contribution < -0.4 is 10.6 Å². The van der Waals surface area contributed by atoms with Gasteiger partial charge in [0.05, 0.1) is 11.3 Å². The summed E-state index contributed by atoms with van der Waals surface area (Å²) in [5.74, 6) is -2.76. The molecule has 0 spiro atoms. The highest BCUT2D eigenvalue weighted by Gasteiger charge is 2.14. The Morgan fingerprint density at radius 2 is 1.86 bits per heavy atom. The molecule has 2 N–H and O–H groups in total. The second-order valence-corrected chi connectivity index (χ2v) is 8.23. The number of carbonyl (C=O) groups is 2. The minimum absolute atomic E-state index is 0.00537. The van der Waals surface area contributed by atoms with E-state index in [1.165, 1.54) is 11.3 Å². The van der Waals surface area contributed by atoms with E-state index in [2.05, 4.69) is 31.5 Å². The highest BCUT2D eigenvalue weighted by molar-refractivity contribution is 9.10. The predicted octanol–water partition coefficient (Wildman–Crippen LogP) is 4.92. The zero-order chi connectivity index (χ0) is 21.0. The van der Waals surface area contributed by atoms with Crippen molar-refractivity contribution in [2.75, 3.05) is 11.9 Å². The van der Waals surface area contributed by atoms with Gasteiger partial charge in [0.1, 0.15) is 11.6 Å². The predicted molar refractivity (Wildman–Crippen MR) is 112 cm³/mol. The van der Waals surface area contributed by atoms with E-state index in [9.17, 15) is 18.4 Å². The van der Waals surface area contributed by atoms with Gasteiger partial charge in [-0.15, -0.1) is 11.3 Å². The van der Waals surface area contributed by atoms with Gasteiger partial charge in [-0.05, 0) is 31.2 Å². The number of benzene rings is 2. The summed E-state index contributed by atoms with van der Waals surface area (Å²) in [4.78, 5) is 29.5. The molecule has 0 fully saturated rings. The highest BCUT2D eigenvalue weighted by atomic mass is 79.9. The first-order valence-electron chi connectivity index (χ1n) is 8.60. The number of rotatable bonds is 6. The molecule has 150 valence electrons. The van der Waals surface area contributed by atoms with Crippen molar-refractivity contribution < 1.29 is 18.4 Å². The topological polar surface area (TPSA) is 71.1 Å². The van der Waals surface area contributed by atoms with Crippen molar-refractivity contribution in [3.8, 4) is 11.3 Å². The Kier molecular flexibility index (Phi) is 6.71. The summed E-state index contributed by atoms with van der Waals surface area (Å²) in [5, 5.41) is 5.60. The van der Waals surface area contributed by atoms with Crippen molar-refractivity contribution in [3.05, 3.63) is 69.0 Å². The highest BCUT2D eigenvalue weighted by Crippen LogP contribution is 2.31. The molecule has 0 bridgehead atoms. The standard InChI is InChI=1S/C20H16BrF2N3O2S/c1-11-18(12-2-4-13(21)5-3-12)26-20(29-11)25-17(27)8-9-24-19(28)15-7-6-14(22)10-16(15)23/h2-7,10H,8-9H2,1H3,(H,24,28)(H,25,26,27). The van der Waals surface area contributed by atoms with Gasteiger partial charge in [-0.25, -0.2) is 13.8 Å². The normalized spacial score (nSPS) is 10.6. The Hall–Kier alpha value is -2.65. The Bertz CT molecular complexity index is 1050. The third-order valence-corrected chi connectivity index (χ3v) is 5.39. The van der Waals surface area contributed by atoms with E-state index in [1.54, 1.807) is 0 Å².